The number of nitrogens with zero attached hydrogens (tertiary/aromatic N) is 2. The highest BCUT2D eigenvalue weighted by atomic mass is 19.1. The van der Waals surface area contributed by atoms with Gasteiger partial charge in [-0.3, -0.25) is 9.69 Å². The SMILES string of the molecule is C[C@H](C(=O)O)N1CCc2onc(-c3ccccc3F)c2C1. The molecule has 0 unspecified atom stereocenters. The van der Waals surface area contributed by atoms with Crippen molar-refractivity contribution in [1.82, 2.24) is 10.1 Å². The molecule has 2 heterocycles. The standard InChI is InChI=1S/C15H15FN2O3/c1-9(15(19)20)18-7-6-13-11(8-18)14(17-21-13)10-4-2-3-5-12(10)16/h2-5,9H,6-8H2,1H3,(H,19,20)/t9-/m1/s1. The van der Waals surface area contributed by atoms with Crippen molar-refractivity contribution >= 4 is 5.97 Å². The van der Waals surface area contributed by atoms with Crippen LogP contribution < -0.4 is 0 Å². The van der Waals surface area contributed by atoms with Gasteiger partial charge in [-0.15, -0.1) is 0 Å². The maximum absolute atomic E-state index is 13.9. The zero-order valence-electron chi connectivity index (χ0n) is 11.5. The fourth-order valence-corrected chi connectivity index (χ4v) is 2.58. The Bertz CT molecular complexity index is 683. The van der Waals surface area contributed by atoms with Crippen LogP contribution in [0.1, 0.15) is 18.2 Å². The summed E-state index contributed by atoms with van der Waals surface area (Å²) in [6.07, 6.45) is 0.578. The number of carboxylic acid groups (broad SMARTS) is 1. The number of carbonyl (C=O) groups is 1. The highest BCUT2D eigenvalue weighted by Crippen LogP contribution is 2.31. The maximum atomic E-state index is 13.9. The van der Waals surface area contributed by atoms with Crippen molar-refractivity contribution in [2.75, 3.05) is 6.54 Å². The third kappa shape index (κ3) is 2.42. The van der Waals surface area contributed by atoms with E-state index in [2.05, 4.69) is 5.16 Å². The third-order valence-electron chi connectivity index (χ3n) is 3.89. The fraction of sp³-hybridized carbons (Fsp3) is 0.333. The molecule has 0 amide bonds. The monoisotopic (exact) mass is 290 g/mol. The highest BCUT2D eigenvalue weighted by Gasteiger charge is 2.30. The molecular formula is C15H15FN2O3. The Balaban J connectivity index is 1.97. The van der Waals surface area contributed by atoms with Gasteiger partial charge in [0.15, 0.2) is 0 Å². The van der Waals surface area contributed by atoms with E-state index in [0.29, 0.717) is 36.5 Å². The van der Waals surface area contributed by atoms with E-state index in [0.717, 1.165) is 5.56 Å². The second-order valence-electron chi connectivity index (χ2n) is 5.15. The van der Waals surface area contributed by atoms with E-state index in [9.17, 15) is 9.18 Å². The van der Waals surface area contributed by atoms with Gasteiger partial charge >= 0.3 is 5.97 Å². The van der Waals surface area contributed by atoms with Crippen LogP contribution in [0, 0.1) is 5.82 Å². The number of aliphatic carboxylic acids is 1. The lowest BCUT2D eigenvalue weighted by molar-refractivity contribution is -0.143. The summed E-state index contributed by atoms with van der Waals surface area (Å²) in [4.78, 5) is 12.9. The summed E-state index contributed by atoms with van der Waals surface area (Å²) in [5, 5.41) is 13.1. The van der Waals surface area contributed by atoms with Crippen LogP contribution in [-0.4, -0.2) is 33.7 Å². The van der Waals surface area contributed by atoms with E-state index < -0.39 is 12.0 Å². The van der Waals surface area contributed by atoms with Gasteiger partial charge in [0, 0.05) is 30.6 Å². The van der Waals surface area contributed by atoms with Crippen molar-refractivity contribution in [1.29, 1.82) is 0 Å². The van der Waals surface area contributed by atoms with Crippen LogP contribution in [0.25, 0.3) is 11.3 Å². The molecule has 0 radical (unpaired) electrons. The summed E-state index contributed by atoms with van der Waals surface area (Å²) < 4.78 is 19.2. The molecule has 1 atom stereocenters. The van der Waals surface area contributed by atoms with E-state index in [-0.39, 0.29) is 5.82 Å². The van der Waals surface area contributed by atoms with E-state index >= 15 is 0 Å². The predicted molar refractivity (Wildman–Crippen MR) is 73.1 cm³/mol. The number of hydrogen-bond acceptors (Lipinski definition) is 4. The molecule has 6 heteroatoms. The normalized spacial score (nSPS) is 16.5. The van der Waals surface area contributed by atoms with Crippen molar-refractivity contribution < 1.29 is 18.8 Å². The zero-order valence-corrected chi connectivity index (χ0v) is 11.5. The maximum Gasteiger partial charge on any atom is 0.320 e. The first-order valence-electron chi connectivity index (χ1n) is 6.77. The molecule has 3 rings (SSSR count). The van der Waals surface area contributed by atoms with Crippen LogP contribution in [0.15, 0.2) is 28.8 Å². The zero-order chi connectivity index (χ0) is 15.0. The Labute approximate surface area is 121 Å². The number of carboxylic acids is 1. The van der Waals surface area contributed by atoms with Crippen molar-refractivity contribution in [2.24, 2.45) is 0 Å². The van der Waals surface area contributed by atoms with Crippen molar-refractivity contribution in [3.05, 3.63) is 41.4 Å². The molecule has 0 spiro atoms. The van der Waals surface area contributed by atoms with E-state index in [1.54, 1.807) is 25.1 Å². The highest BCUT2D eigenvalue weighted by molar-refractivity contribution is 5.73. The van der Waals surface area contributed by atoms with Gasteiger partial charge in [-0.1, -0.05) is 17.3 Å². The van der Waals surface area contributed by atoms with Crippen LogP contribution in [0.3, 0.4) is 0 Å². The summed E-state index contributed by atoms with van der Waals surface area (Å²) in [7, 11) is 0. The predicted octanol–water partition coefficient (Wildman–Crippen LogP) is 2.31. The molecule has 1 aliphatic heterocycles. The molecule has 2 aromatic rings. The summed E-state index contributed by atoms with van der Waals surface area (Å²) in [5.41, 5.74) is 1.62. The smallest absolute Gasteiger partial charge is 0.320 e. The van der Waals surface area contributed by atoms with Gasteiger partial charge in [0.2, 0.25) is 0 Å². The molecule has 1 aliphatic rings. The van der Waals surface area contributed by atoms with Gasteiger partial charge in [0.05, 0.1) is 0 Å². The molecule has 0 saturated carbocycles. The Morgan fingerprint density at radius 1 is 1.48 bits per heavy atom. The van der Waals surface area contributed by atoms with Crippen molar-refractivity contribution in [2.45, 2.75) is 25.9 Å². The molecule has 1 aromatic heterocycles. The Morgan fingerprint density at radius 2 is 2.24 bits per heavy atom. The first-order chi connectivity index (χ1) is 10.1. The Hall–Kier alpha value is -2.21. The molecular weight excluding hydrogens is 275 g/mol. The van der Waals surface area contributed by atoms with Gasteiger partial charge in [0.1, 0.15) is 23.3 Å². The molecule has 21 heavy (non-hydrogen) atoms. The minimum Gasteiger partial charge on any atom is -0.480 e. The summed E-state index contributed by atoms with van der Waals surface area (Å²) in [5.74, 6) is -0.526. The lowest BCUT2D eigenvalue weighted by Gasteiger charge is -2.29. The lowest BCUT2D eigenvalue weighted by atomic mass is 10.00. The molecule has 5 nitrogen and oxygen atoms in total. The molecule has 0 bridgehead atoms. The van der Waals surface area contributed by atoms with Gasteiger partial charge in [-0.2, -0.15) is 0 Å². The number of benzene rings is 1. The van der Waals surface area contributed by atoms with E-state index in [1.807, 2.05) is 4.90 Å². The molecule has 0 aliphatic carbocycles. The molecule has 0 fully saturated rings. The number of aromatic nitrogens is 1. The quantitative estimate of drug-likeness (QED) is 0.939. The van der Waals surface area contributed by atoms with E-state index in [4.69, 9.17) is 9.63 Å². The van der Waals surface area contributed by atoms with Gasteiger partial charge < -0.3 is 9.63 Å². The summed E-state index contributed by atoms with van der Waals surface area (Å²) in [6, 6.07) is 5.77. The fourth-order valence-electron chi connectivity index (χ4n) is 2.58. The van der Waals surface area contributed by atoms with Crippen LogP contribution in [-0.2, 0) is 17.8 Å². The number of fused-ring (bicyclic) bond motifs is 1. The van der Waals surface area contributed by atoms with Gasteiger partial charge in [0.25, 0.3) is 0 Å². The Morgan fingerprint density at radius 3 is 2.95 bits per heavy atom. The average molecular weight is 290 g/mol. The first-order valence-corrected chi connectivity index (χ1v) is 6.77. The third-order valence-corrected chi connectivity index (χ3v) is 3.89. The van der Waals surface area contributed by atoms with Crippen LogP contribution in [0.4, 0.5) is 4.39 Å². The van der Waals surface area contributed by atoms with Crippen molar-refractivity contribution in [3.8, 4) is 11.3 Å². The number of hydrogen-bond donors (Lipinski definition) is 1. The van der Waals surface area contributed by atoms with Gasteiger partial charge in [-0.05, 0) is 19.1 Å². The van der Waals surface area contributed by atoms with Crippen LogP contribution in [0.5, 0.6) is 0 Å². The molecule has 1 aromatic carbocycles. The molecule has 110 valence electrons. The van der Waals surface area contributed by atoms with Gasteiger partial charge in [-0.25, -0.2) is 4.39 Å². The number of rotatable bonds is 3. The molecule has 1 N–H and O–H groups in total. The second-order valence-corrected chi connectivity index (χ2v) is 5.15. The second kappa shape index (κ2) is 5.29. The number of halogens is 1. The summed E-state index contributed by atoms with van der Waals surface area (Å²) >= 11 is 0. The first kappa shape index (κ1) is 13.8. The topological polar surface area (TPSA) is 66.6 Å². The Kier molecular flexibility index (Phi) is 3.47. The minimum absolute atomic E-state index is 0.364. The summed E-state index contributed by atoms with van der Waals surface area (Å²) in [6.45, 7) is 2.63. The minimum atomic E-state index is -0.873. The lowest BCUT2D eigenvalue weighted by Crippen LogP contribution is -2.41. The van der Waals surface area contributed by atoms with E-state index in [1.165, 1.54) is 6.07 Å². The average Bonchev–Trinajstić information content (AvgIpc) is 2.89. The van der Waals surface area contributed by atoms with Crippen LogP contribution in [0.2, 0.25) is 0 Å². The van der Waals surface area contributed by atoms with Crippen LogP contribution >= 0.6 is 0 Å². The largest absolute Gasteiger partial charge is 0.480 e. The van der Waals surface area contributed by atoms with Crippen molar-refractivity contribution in [3.63, 3.8) is 0 Å². The molecule has 0 saturated heterocycles.